The van der Waals surface area contributed by atoms with Gasteiger partial charge >= 0.3 is 6.18 Å². The average Bonchev–Trinajstić information content (AvgIpc) is 3.36. The van der Waals surface area contributed by atoms with E-state index in [-0.39, 0.29) is 16.3 Å². The zero-order valence-corrected chi connectivity index (χ0v) is 21.1. The first kappa shape index (κ1) is 23.7. The lowest BCUT2D eigenvalue weighted by Crippen LogP contribution is -2.38. The van der Waals surface area contributed by atoms with E-state index < -0.39 is 17.3 Å². The van der Waals surface area contributed by atoms with Crippen molar-refractivity contribution in [2.75, 3.05) is 6.54 Å². The zero-order valence-electron chi connectivity index (χ0n) is 21.1. The SMILES string of the molecule is Cn1cnnc1C1(c2cccc(-n3cc(C(F)(F)F)c4cc(CN5CCC[C@H]6C[C@H]65)[nH]c4c3=O)c2)CCC1. The molecule has 38 heavy (non-hydrogen) atoms. The van der Waals surface area contributed by atoms with E-state index in [1.807, 2.05) is 23.7 Å². The smallest absolute Gasteiger partial charge is 0.353 e. The van der Waals surface area contributed by atoms with Crippen molar-refractivity contribution in [3.63, 3.8) is 0 Å². The maximum absolute atomic E-state index is 14.3. The molecule has 7 nitrogen and oxygen atoms in total. The molecule has 0 radical (unpaired) electrons. The van der Waals surface area contributed by atoms with E-state index in [9.17, 15) is 18.0 Å². The number of aromatic amines is 1. The van der Waals surface area contributed by atoms with Crippen LogP contribution in [-0.4, -0.2) is 41.8 Å². The number of aromatic nitrogens is 5. The van der Waals surface area contributed by atoms with Crippen LogP contribution < -0.4 is 5.56 Å². The van der Waals surface area contributed by atoms with Crippen LogP contribution in [0.4, 0.5) is 13.2 Å². The summed E-state index contributed by atoms with van der Waals surface area (Å²) in [6, 6.07) is 9.31. The van der Waals surface area contributed by atoms with E-state index in [0.29, 0.717) is 29.9 Å². The van der Waals surface area contributed by atoms with Crippen LogP contribution in [0.15, 0.2) is 47.7 Å². The Balaban J connectivity index is 1.33. The number of hydrogen-bond donors (Lipinski definition) is 1. The molecule has 1 aromatic carbocycles. The van der Waals surface area contributed by atoms with Gasteiger partial charge in [-0.2, -0.15) is 13.2 Å². The van der Waals surface area contributed by atoms with E-state index in [0.717, 1.165) is 60.8 Å². The van der Waals surface area contributed by atoms with Gasteiger partial charge in [-0.05, 0) is 68.3 Å². The third-order valence-corrected chi connectivity index (χ3v) is 8.93. The van der Waals surface area contributed by atoms with Gasteiger partial charge in [0.05, 0.1) is 11.0 Å². The first-order chi connectivity index (χ1) is 18.2. The standard InChI is InChI=1S/C28H29F3N6O/c1-35-16-32-34-26(35)27(8-4-9-27)18-6-2-7-20(12-18)37-15-22(28(29,30)31)21-13-19(33-24(21)25(37)38)14-36-10-3-5-17-11-23(17)36/h2,6-7,12-13,15-17,23,33H,3-5,8-11,14H2,1H3/t17-,23+/m0/s1. The van der Waals surface area contributed by atoms with Crippen molar-refractivity contribution in [3.05, 3.63) is 75.9 Å². The minimum absolute atomic E-state index is 0.00348. The number of nitrogens with one attached hydrogen (secondary N) is 1. The lowest BCUT2D eigenvalue weighted by molar-refractivity contribution is -0.136. The molecule has 4 aromatic rings. The summed E-state index contributed by atoms with van der Waals surface area (Å²) in [7, 11) is 1.89. The number of hydrogen-bond acceptors (Lipinski definition) is 4. The minimum atomic E-state index is -4.61. The molecule has 3 aromatic heterocycles. The van der Waals surface area contributed by atoms with Crippen molar-refractivity contribution >= 4 is 10.9 Å². The fourth-order valence-electron chi connectivity index (χ4n) is 6.74. The molecule has 2 saturated carbocycles. The Hall–Kier alpha value is -3.40. The molecule has 198 valence electrons. The van der Waals surface area contributed by atoms with Crippen LogP contribution in [0.1, 0.15) is 61.2 Å². The highest BCUT2D eigenvalue weighted by Crippen LogP contribution is 2.48. The summed E-state index contributed by atoms with van der Waals surface area (Å²) >= 11 is 0. The number of fused-ring (bicyclic) bond motifs is 2. The van der Waals surface area contributed by atoms with Crippen LogP contribution in [0.5, 0.6) is 0 Å². The highest BCUT2D eigenvalue weighted by molar-refractivity contribution is 5.84. The van der Waals surface area contributed by atoms with Crippen LogP contribution in [0.25, 0.3) is 16.6 Å². The third-order valence-electron chi connectivity index (χ3n) is 8.93. The van der Waals surface area contributed by atoms with E-state index in [2.05, 4.69) is 20.1 Å². The van der Waals surface area contributed by atoms with Gasteiger partial charge in [0.25, 0.3) is 5.56 Å². The van der Waals surface area contributed by atoms with Gasteiger partial charge in [0, 0.05) is 42.6 Å². The second-order valence-corrected chi connectivity index (χ2v) is 11.2. The molecule has 1 N–H and O–H groups in total. The Morgan fingerprint density at radius 1 is 1.18 bits per heavy atom. The van der Waals surface area contributed by atoms with Crippen LogP contribution >= 0.6 is 0 Å². The lowest BCUT2D eigenvalue weighted by Gasteiger charge is -2.41. The zero-order chi connectivity index (χ0) is 26.2. The second kappa shape index (κ2) is 8.30. The van der Waals surface area contributed by atoms with Crippen molar-refractivity contribution in [2.45, 2.75) is 62.7 Å². The predicted octanol–water partition coefficient (Wildman–Crippen LogP) is 4.92. The van der Waals surface area contributed by atoms with Gasteiger partial charge in [0.15, 0.2) is 0 Å². The Morgan fingerprint density at radius 2 is 2.03 bits per heavy atom. The first-order valence-corrected chi connectivity index (χ1v) is 13.3. The molecule has 7 rings (SSSR count). The number of nitrogens with zero attached hydrogens (tertiary/aromatic N) is 5. The highest BCUT2D eigenvalue weighted by atomic mass is 19.4. The molecule has 3 fully saturated rings. The van der Waals surface area contributed by atoms with E-state index >= 15 is 0 Å². The summed E-state index contributed by atoms with van der Waals surface area (Å²) in [5.41, 5.74) is 0.315. The van der Waals surface area contributed by atoms with Crippen molar-refractivity contribution in [3.8, 4) is 5.69 Å². The summed E-state index contributed by atoms with van der Waals surface area (Å²) in [5, 5.41) is 8.31. The number of pyridine rings is 1. The molecular weight excluding hydrogens is 493 g/mol. The summed E-state index contributed by atoms with van der Waals surface area (Å²) < 4.78 is 45.9. The van der Waals surface area contributed by atoms with Gasteiger partial charge in [-0.25, -0.2) is 0 Å². The Bertz CT molecular complexity index is 1590. The molecule has 0 amide bonds. The fourth-order valence-corrected chi connectivity index (χ4v) is 6.74. The van der Waals surface area contributed by atoms with Crippen LogP contribution in [0.2, 0.25) is 0 Å². The number of aryl methyl sites for hydroxylation is 1. The second-order valence-electron chi connectivity index (χ2n) is 11.2. The highest BCUT2D eigenvalue weighted by Gasteiger charge is 2.45. The number of piperidine rings is 1. The molecule has 3 aliphatic rings. The molecule has 1 aliphatic heterocycles. The fraction of sp³-hybridized carbons (Fsp3) is 0.464. The lowest BCUT2D eigenvalue weighted by atomic mass is 9.63. The average molecular weight is 523 g/mol. The Morgan fingerprint density at radius 3 is 2.74 bits per heavy atom. The van der Waals surface area contributed by atoms with Gasteiger partial charge in [-0.15, -0.1) is 10.2 Å². The number of H-pyrrole nitrogens is 1. The van der Waals surface area contributed by atoms with Crippen molar-refractivity contribution in [1.82, 2.24) is 29.2 Å². The number of halogens is 3. The third kappa shape index (κ3) is 3.64. The molecule has 2 atom stereocenters. The molecule has 0 spiro atoms. The number of alkyl halides is 3. The molecule has 10 heteroatoms. The van der Waals surface area contributed by atoms with Gasteiger partial charge in [0.1, 0.15) is 17.7 Å². The van der Waals surface area contributed by atoms with E-state index in [4.69, 9.17) is 0 Å². The van der Waals surface area contributed by atoms with Crippen LogP contribution in [-0.2, 0) is 25.2 Å². The number of likely N-dealkylation sites (tertiary alicyclic amines) is 1. The van der Waals surface area contributed by atoms with Gasteiger partial charge < -0.3 is 9.55 Å². The monoisotopic (exact) mass is 522 g/mol. The maximum atomic E-state index is 14.3. The van der Waals surface area contributed by atoms with Crippen molar-refractivity contribution < 1.29 is 13.2 Å². The van der Waals surface area contributed by atoms with E-state index in [1.54, 1.807) is 18.5 Å². The molecule has 0 unspecified atom stereocenters. The number of rotatable bonds is 5. The quantitative estimate of drug-likeness (QED) is 0.404. The molecule has 0 bridgehead atoms. The summed E-state index contributed by atoms with van der Waals surface area (Å²) in [4.78, 5) is 19.0. The molecule has 4 heterocycles. The van der Waals surface area contributed by atoms with Crippen molar-refractivity contribution in [2.24, 2.45) is 13.0 Å². The molecular formula is C28H29F3N6O. The predicted molar refractivity (Wildman–Crippen MR) is 136 cm³/mol. The van der Waals surface area contributed by atoms with Gasteiger partial charge in [0.2, 0.25) is 0 Å². The first-order valence-electron chi connectivity index (χ1n) is 13.3. The Kier molecular flexibility index (Phi) is 5.17. The molecule has 1 saturated heterocycles. The summed E-state index contributed by atoms with van der Waals surface area (Å²) in [6.45, 7) is 1.47. The largest absolute Gasteiger partial charge is 0.418 e. The Labute approximate surface area is 217 Å². The number of benzene rings is 1. The van der Waals surface area contributed by atoms with Crippen LogP contribution in [0.3, 0.4) is 0 Å². The van der Waals surface area contributed by atoms with Gasteiger partial charge in [-0.3, -0.25) is 14.3 Å². The van der Waals surface area contributed by atoms with E-state index in [1.165, 1.54) is 12.5 Å². The van der Waals surface area contributed by atoms with Crippen molar-refractivity contribution in [1.29, 1.82) is 0 Å². The topological polar surface area (TPSA) is 71.7 Å². The minimum Gasteiger partial charge on any atom is -0.353 e. The van der Waals surface area contributed by atoms with Gasteiger partial charge in [-0.1, -0.05) is 18.6 Å². The summed E-state index contributed by atoms with van der Waals surface area (Å²) in [6.07, 6.45) is 4.25. The van der Waals surface area contributed by atoms with Crippen LogP contribution in [0, 0.1) is 5.92 Å². The normalized spacial score (nSPS) is 22.8. The summed E-state index contributed by atoms with van der Waals surface area (Å²) in [5.74, 6) is 1.54. The molecule has 2 aliphatic carbocycles. The maximum Gasteiger partial charge on any atom is 0.418 e.